The molecule has 0 aliphatic heterocycles. The van der Waals surface area contributed by atoms with E-state index in [1.54, 1.807) is 0 Å². The quantitative estimate of drug-likeness (QED) is 0.0322. The van der Waals surface area contributed by atoms with E-state index in [0.29, 0.717) is 25.9 Å². The van der Waals surface area contributed by atoms with Gasteiger partial charge in [0.15, 0.2) is 0 Å². The maximum absolute atomic E-state index is 12.4. The second-order valence-electron chi connectivity index (χ2n) is 18.2. The first-order valence-corrected chi connectivity index (χ1v) is 26.4. The highest BCUT2D eigenvalue weighted by atomic mass is 16.5. The largest absolute Gasteiger partial charge is 0.466 e. The fraction of sp³-hybridized carbons (Fsp3) is 0.925. The third kappa shape index (κ3) is 45.9. The number of hydrogen-bond acceptors (Lipinski definition) is 5. The van der Waals surface area contributed by atoms with Gasteiger partial charge in [0.2, 0.25) is 5.91 Å². The van der Waals surface area contributed by atoms with Crippen LogP contribution in [0.25, 0.3) is 0 Å². The molecular formula is C53H103NO5. The van der Waals surface area contributed by atoms with Gasteiger partial charge in [0, 0.05) is 12.8 Å². The van der Waals surface area contributed by atoms with E-state index in [1.807, 2.05) is 0 Å². The van der Waals surface area contributed by atoms with Crippen molar-refractivity contribution in [2.45, 2.75) is 302 Å². The molecule has 6 heteroatoms. The average Bonchev–Trinajstić information content (AvgIpc) is 3.24. The lowest BCUT2D eigenvalue weighted by Crippen LogP contribution is -2.45. The minimum atomic E-state index is -0.677. The SMILES string of the molecule is CCCCCCCC/C=C\CCCCCCCCCCCC(=O)OCCCCCCCCCCCCC(=O)NC(CO)C(O)CCCCCCCCCCCCCCC. The number of carbonyl (C=O) groups excluding carboxylic acids is 2. The summed E-state index contributed by atoms with van der Waals surface area (Å²) in [6, 6.07) is -0.557. The van der Waals surface area contributed by atoms with Crippen LogP contribution in [0.1, 0.15) is 290 Å². The van der Waals surface area contributed by atoms with Gasteiger partial charge >= 0.3 is 5.97 Å². The summed E-state index contributed by atoms with van der Waals surface area (Å²) in [6.07, 6.45) is 56.1. The molecule has 2 atom stereocenters. The molecule has 0 aliphatic rings. The summed E-state index contributed by atoms with van der Waals surface area (Å²) in [5, 5.41) is 23.2. The van der Waals surface area contributed by atoms with Crippen molar-refractivity contribution >= 4 is 11.9 Å². The van der Waals surface area contributed by atoms with Crippen LogP contribution in [-0.2, 0) is 14.3 Å². The number of hydrogen-bond donors (Lipinski definition) is 3. The summed E-state index contributed by atoms with van der Waals surface area (Å²) < 4.78 is 5.47. The monoisotopic (exact) mass is 834 g/mol. The minimum absolute atomic E-state index is 0.0190. The highest BCUT2D eigenvalue weighted by Crippen LogP contribution is 2.16. The van der Waals surface area contributed by atoms with Crippen LogP contribution in [0.15, 0.2) is 12.2 Å². The maximum Gasteiger partial charge on any atom is 0.305 e. The van der Waals surface area contributed by atoms with E-state index in [4.69, 9.17) is 4.74 Å². The van der Waals surface area contributed by atoms with Gasteiger partial charge in [-0.1, -0.05) is 238 Å². The Labute approximate surface area is 368 Å². The second-order valence-corrected chi connectivity index (χ2v) is 18.2. The van der Waals surface area contributed by atoms with Crippen molar-refractivity contribution < 1.29 is 24.5 Å². The Bertz CT molecular complexity index is 878. The smallest absolute Gasteiger partial charge is 0.305 e. The average molecular weight is 834 g/mol. The van der Waals surface area contributed by atoms with Gasteiger partial charge in [-0.3, -0.25) is 9.59 Å². The Hall–Kier alpha value is -1.40. The second kappa shape index (κ2) is 49.3. The van der Waals surface area contributed by atoms with Gasteiger partial charge < -0.3 is 20.3 Å². The molecule has 0 spiro atoms. The number of nitrogens with one attached hydrogen (secondary N) is 1. The van der Waals surface area contributed by atoms with Crippen molar-refractivity contribution in [2.75, 3.05) is 13.2 Å². The van der Waals surface area contributed by atoms with Gasteiger partial charge in [-0.15, -0.1) is 0 Å². The van der Waals surface area contributed by atoms with Crippen LogP contribution in [0.3, 0.4) is 0 Å². The van der Waals surface area contributed by atoms with Gasteiger partial charge in [-0.05, 0) is 51.4 Å². The number of ether oxygens (including phenoxy) is 1. The Morgan fingerprint density at radius 2 is 0.797 bits per heavy atom. The summed E-state index contributed by atoms with van der Waals surface area (Å²) in [7, 11) is 0. The molecule has 0 fully saturated rings. The van der Waals surface area contributed by atoms with Gasteiger partial charge in [-0.2, -0.15) is 0 Å². The first-order valence-electron chi connectivity index (χ1n) is 26.4. The molecule has 3 N–H and O–H groups in total. The van der Waals surface area contributed by atoms with Crippen LogP contribution in [-0.4, -0.2) is 47.4 Å². The summed E-state index contributed by atoms with van der Waals surface area (Å²) in [5.74, 6) is -0.0759. The van der Waals surface area contributed by atoms with Crippen LogP contribution in [0, 0.1) is 0 Å². The first-order chi connectivity index (χ1) is 29.0. The van der Waals surface area contributed by atoms with E-state index >= 15 is 0 Å². The molecule has 0 aromatic rings. The van der Waals surface area contributed by atoms with E-state index in [2.05, 4.69) is 31.3 Å². The summed E-state index contributed by atoms with van der Waals surface area (Å²) in [6.45, 7) is 4.90. The zero-order chi connectivity index (χ0) is 43.0. The summed E-state index contributed by atoms with van der Waals surface area (Å²) in [4.78, 5) is 24.5. The zero-order valence-electron chi connectivity index (χ0n) is 39.7. The number of carbonyl (C=O) groups is 2. The number of unbranched alkanes of at least 4 members (excludes halogenated alkanes) is 36. The highest BCUT2D eigenvalue weighted by Gasteiger charge is 2.20. The molecule has 1 amide bonds. The van der Waals surface area contributed by atoms with E-state index in [1.165, 1.54) is 199 Å². The number of allylic oxidation sites excluding steroid dienone is 2. The molecule has 0 heterocycles. The van der Waals surface area contributed by atoms with Crippen molar-refractivity contribution in [1.82, 2.24) is 5.32 Å². The van der Waals surface area contributed by atoms with Crippen LogP contribution in [0.4, 0.5) is 0 Å². The molecule has 0 saturated carbocycles. The van der Waals surface area contributed by atoms with Crippen molar-refractivity contribution in [2.24, 2.45) is 0 Å². The predicted molar refractivity (Wildman–Crippen MR) is 255 cm³/mol. The molecule has 0 bridgehead atoms. The summed E-state index contributed by atoms with van der Waals surface area (Å²) in [5.41, 5.74) is 0. The molecule has 0 aliphatic carbocycles. The molecule has 0 saturated heterocycles. The third-order valence-electron chi connectivity index (χ3n) is 12.3. The molecule has 59 heavy (non-hydrogen) atoms. The summed E-state index contributed by atoms with van der Waals surface area (Å²) >= 11 is 0. The topological polar surface area (TPSA) is 95.9 Å². The van der Waals surface area contributed by atoms with E-state index < -0.39 is 12.1 Å². The van der Waals surface area contributed by atoms with Crippen LogP contribution < -0.4 is 5.32 Å². The lowest BCUT2D eigenvalue weighted by atomic mass is 10.0. The standard InChI is InChI=1S/C53H103NO5/c1-3-5-7-9-11-13-15-17-18-19-20-21-22-24-26-31-35-39-43-47-53(58)59-48-44-40-36-32-28-27-30-34-38-42-46-52(57)54-50(49-55)51(56)45-41-37-33-29-25-23-16-14-12-10-8-6-4-2/h17-18,50-51,55-56H,3-16,19-49H2,1-2H3,(H,54,57)/b18-17-. The number of esters is 1. The Balaban J connectivity index is 3.44. The lowest BCUT2D eigenvalue weighted by Gasteiger charge is -2.22. The molecule has 0 rings (SSSR count). The maximum atomic E-state index is 12.4. The first kappa shape index (κ1) is 57.6. The minimum Gasteiger partial charge on any atom is -0.466 e. The van der Waals surface area contributed by atoms with Crippen molar-refractivity contribution in [3.8, 4) is 0 Å². The molecule has 350 valence electrons. The van der Waals surface area contributed by atoms with Crippen LogP contribution in [0.5, 0.6) is 0 Å². The van der Waals surface area contributed by atoms with Crippen LogP contribution in [0.2, 0.25) is 0 Å². The van der Waals surface area contributed by atoms with Gasteiger partial charge in [0.1, 0.15) is 0 Å². The number of aliphatic hydroxyl groups is 2. The molecular weight excluding hydrogens is 731 g/mol. The predicted octanol–water partition coefficient (Wildman–Crippen LogP) is 15.7. The molecule has 2 unspecified atom stereocenters. The molecule has 0 radical (unpaired) electrons. The fourth-order valence-corrected chi connectivity index (χ4v) is 8.22. The van der Waals surface area contributed by atoms with Gasteiger partial charge in [0.25, 0.3) is 0 Å². The van der Waals surface area contributed by atoms with E-state index in [0.717, 1.165) is 57.8 Å². The van der Waals surface area contributed by atoms with Crippen LogP contribution >= 0.6 is 0 Å². The van der Waals surface area contributed by atoms with Crippen molar-refractivity contribution in [3.63, 3.8) is 0 Å². The van der Waals surface area contributed by atoms with Gasteiger partial charge in [-0.25, -0.2) is 0 Å². The van der Waals surface area contributed by atoms with E-state index in [9.17, 15) is 19.8 Å². The molecule has 0 aromatic carbocycles. The number of rotatable bonds is 49. The molecule has 6 nitrogen and oxygen atoms in total. The fourth-order valence-electron chi connectivity index (χ4n) is 8.22. The third-order valence-corrected chi connectivity index (χ3v) is 12.3. The zero-order valence-corrected chi connectivity index (χ0v) is 39.7. The number of amides is 1. The Morgan fingerprint density at radius 1 is 0.458 bits per heavy atom. The normalized spacial score (nSPS) is 12.7. The van der Waals surface area contributed by atoms with Gasteiger partial charge in [0.05, 0.1) is 25.4 Å². The molecule has 0 aromatic heterocycles. The Kier molecular flexibility index (Phi) is 48.1. The Morgan fingerprint density at radius 3 is 1.20 bits per heavy atom. The van der Waals surface area contributed by atoms with Crippen molar-refractivity contribution in [1.29, 1.82) is 0 Å². The highest BCUT2D eigenvalue weighted by molar-refractivity contribution is 5.76. The lowest BCUT2D eigenvalue weighted by molar-refractivity contribution is -0.143. The van der Waals surface area contributed by atoms with Crippen molar-refractivity contribution in [3.05, 3.63) is 12.2 Å². The number of aliphatic hydroxyl groups excluding tert-OH is 2. The van der Waals surface area contributed by atoms with E-state index in [-0.39, 0.29) is 18.5 Å².